The number of carbonyl (C=O) groups is 2. The molecular formula is C20H25IO3. The molecular weight excluding hydrogens is 415 g/mol. The zero-order valence-corrected chi connectivity index (χ0v) is 16.2. The number of hydrogen-bond acceptors (Lipinski definition) is 3. The highest BCUT2D eigenvalue weighted by molar-refractivity contribution is 14.1. The summed E-state index contributed by atoms with van der Waals surface area (Å²) >= 11 is 2.33. The van der Waals surface area contributed by atoms with Gasteiger partial charge in [0.1, 0.15) is 17.8 Å². The van der Waals surface area contributed by atoms with Crippen molar-refractivity contribution >= 4 is 40.4 Å². The number of hydrogen-bond donors (Lipinski definition) is 0. The predicted octanol–water partition coefficient (Wildman–Crippen LogP) is 4.98. The molecule has 3 nitrogen and oxygen atoms in total. The molecule has 0 heterocycles. The van der Waals surface area contributed by atoms with E-state index in [0.717, 1.165) is 35.7 Å². The summed E-state index contributed by atoms with van der Waals surface area (Å²) in [6, 6.07) is 9.89. The maximum Gasteiger partial charge on any atom is 0.319 e. The molecule has 1 unspecified atom stereocenters. The molecule has 1 aromatic carbocycles. The molecule has 4 heteroatoms. The van der Waals surface area contributed by atoms with Gasteiger partial charge < -0.3 is 4.74 Å². The number of alkyl halides is 1. The second-order valence-electron chi connectivity index (χ2n) is 6.27. The minimum Gasteiger partial charge on any atom is -0.461 e. The third-order valence-electron chi connectivity index (χ3n) is 4.59. The average molecular weight is 440 g/mol. The number of esters is 1. The monoisotopic (exact) mass is 440 g/mol. The molecule has 0 saturated heterocycles. The lowest BCUT2D eigenvalue weighted by atomic mass is 9.70. The van der Waals surface area contributed by atoms with Gasteiger partial charge in [-0.1, -0.05) is 71.8 Å². The lowest BCUT2D eigenvalue weighted by molar-refractivity contribution is -0.162. The van der Waals surface area contributed by atoms with E-state index in [1.54, 1.807) is 0 Å². The summed E-state index contributed by atoms with van der Waals surface area (Å²) < 4.78 is 6.51. The molecule has 1 aromatic rings. The SMILES string of the molecule is O=C1CCCCC1(CCCCI)C(=O)OC/C=C/c1ccccc1. The van der Waals surface area contributed by atoms with Crippen LogP contribution >= 0.6 is 22.6 Å². The van der Waals surface area contributed by atoms with Gasteiger partial charge in [-0.05, 0) is 41.8 Å². The molecule has 0 radical (unpaired) electrons. The number of halogens is 1. The molecule has 0 amide bonds. The van der Waals surface area contributed by atoms with Gasteiger partial charge in [0.15, 0.2) is 0 Å². The predicted molar refractivity (Wildman–Crippen MR) is 105 cm³/mol. The molecule has 1 atom stereocenters. The summed E-state index contributed by atoms with van der Waals surface area (Å²) in [5.41, 5.74) is 0.184. The van der Waals surface area contributed by atoms with Gasteiger partial charge in [0.05, 0.1) is 0 Å². The molecule has 0 aliphatic heterocycles. The van der Waals surface area contributed by atoms with Crippen molar-refractivity contribution in [1.82, 2.24) is 0 Å². The summed E-state index contributed by atoms with van der Waals surface area (Å²) in [6.07, 6.45) is 9.33. The van der Waals surface area contributed by atoms with E-state index in [1.807, 2.05) is 42.5 Å². The Morgan fingerprint density at radius 2 is 2.00 bits per heavy atom. The van der Waals surface area contributed by atoms with Crippen molar-refractivity contribution in [3.8, 4) is 0 Å². The van der Waals surface area contributed by atoms with Crippen LogP contribution in [0, 0.1) is 5.41 Å². The molecule has 1 aliphatic carbocycles. The third-order valence-corrected chi connectivity index (χ3v) is 5.35. The van der Waals surface area contributed by atoms with Crippen LogP contribution in [-0.2, 0) is 14.3 Å². The van der Waals surface area contributed by atoms with E-state index >= 15 is 0 Å². The van der Waals surface area contributed by atoms with Gasteiger partial charge >= 0.3 is 5.97 Å². The first-order valence-corrected chi connectivity index (χ1v) is 10.2. The fraction of sp³-hybridized carbons (Fsp3) is 0.500. The summed E-state index contributed by atoms with van der Waals surface area (Å²) in [5, 5.41) is 0. The van der Waals surface area contributed by atoms with E-state index in [2.05, 4.69) is 22.6 Å². The number of ketones is 1. The standard InChI is InChI=1S/C20H25IO3/c21-15-7-6-14-20(13-5-4-12-18(20)22)19(23)24-16-8-11-17-9-2-1-3-10-17/h1-3,8-11H,4-7,12-16H2/b11-8+. The molecule has 1 fully saturated rings. The van der Waals surface area contributed by atoms with Crippen molar-refractivity contribution in [2.24, 2.45) is 5.41 Å². The van der Waals surface area contributed by atoms with E-state index in [9.17, 15) is 9.59 Å². The van der Waals surface area contributed by atoms with Crippen molar-refractivity contribution in [2.75, 3.05) is 11.0 Å². The Morgan fingerprint density at radius 1 is 1.21 bits per heavy atom. The van der Waals surface area contributed by atoms with Crippen molar-refractivity contribution in [2.45, 2.75) is 44.9 Å². The largest absolute Gasteiger partial charge is 0.461 e. The van der Waals surface area contributed by atoms with Crippen LogP contribution in [0.2, 0.25) is 0 Å². The molecule has 0 bridgehead atoms. The Bertz CT molecular complexity index is 568. The van der Waals surface area contributed by atoms with Crippen LogP contribution in [0.25, 0.3) is 6.08 Å². The van der Waals surface area contributed by atoms with Crippen LogP contribution in [0.15, 0.2) is 36.4 Å². The summed E-state index contributed by atoms with van der Waals surface area (Å²) in [4.78, 5) is 25.1. The van der Waals surface area contributed by atoms with E-state index in [1.165, 1.54) is 0 Å². The van der Waals surface area contributed by atoms with Crippen molar-refractivity contribution in [3.63, 3.8) is 0 Å². The van der Waals surface area contributed by atoms with Crippen LogP contribution in [0.4, 0.5) is 0 Å². The maximum absolute atomic E-state index is 12.7. The van der Waals surface area contributed by atoms with Gasteiger partial charge in [-0.25, -0.2) is 0 Å². The number of ether oxygens (including phenoxy) is 1. The number of Topliss-reactive ketones (excluding diaryl/α,β-unsaturated/α-hetero) is 1. The third kappa shape index (κ3) is 5.16. The van der Waals surface area contributed by atoms with Crippen molar-refractivity contribution < 1.29 is 14.3 Å². The van der Waals surface area contributed by atoms with E-state index in [0.29, 0.717) is 19.3 Å². The van der Waals surface area contributed by atoms with E-state index in [-0.39, 0.29) is 18.4 Å². The van der Waals surface area contributed by atoms with Gasteiger partial charge in [-0.2, -0.15) is 0 Å². The first kappa shape index (κ1) is 19.2. The molecule has 0 aromatic heterocycles. The van der Waals surface area contributed by atoms with E-state index < -0.39 is 5.41 Å². The van der Waals surface area contributed by atoms with Crippen LogP contribution in [0.3, 0.4) is 0 Å². The Hall–Kier alpha value is -1.17. The molecule has 2 rings (SSSR count). The number of carbonyl (C=O) groups excluding carboxylic acids is 2. The maximum atomic E-state index is 12.7. The second kappa shape index (κ2) is 9.97. The minimum absolute atomic E-state index is 0.0826. The Morgan fingerprint density at radius 3 is 2.71 bits per heavy atom. The lowest BCUT2D eigenvalue weighted by Crippen LogP contribution is -2.43. The topological polar surface area (TPSA) is 43.4 Å². The summed E-state index contributed by atoms with van der Waals surface area (Å²) in [6.45, 7) is 0.217. The van der Waals surface area contributed by atoms with Gasteiger partial charge in [-0.3, -0.25) is 9.59 Å². The highest BCUT2D eigenvalue weighted by Crippen LogP contribution is 2.39. The highest BCUT2D eigenvalue weighted by atomic mass is 127. The van der Waals surface area contributed by atoms with Gasteiger partial charge in [-0.15, -0.1) is 0 Å². The number of unbranched alkanes of at least 4 members (excludes halogenated alkanes) is 1. The smallest absolute Gasteiger partial charge is 0.319 e. The Balaban J connectivity index is 1.94. The zero-order chi connectivity index (χ0) is 17.3. The number of rotatable bonds is 8. The molecule has 0 N–H and O–H groups in total. The zero-order valence-electron chi connectivity index (χ0n) is 14.0. The Kier molecular flexibility index (Phi) is 7.95. The fourth-order valence-electron chi connectivity index (χ4n) is 3.20. The van der Waals surface area contributed by atoms with Gasteiger partial charge in [0, 0.05) is 6.42 Å². The van der Waals surface area contributed by atoms with Crippen LogP contribution < -0.4 is 0 Å². The fourth-order valence-corrected chi connectivity index (χ4v) is 3.74. The van der Waals surface area contributed by atoms with Crippen molar-refractivity contribution in [3.05, 3.63) is 42.0 Å². The van der Waals surface area contributed by atoms with Crippen LogP contribution in [0.1, 0.15) is 50.5 Å². The second-order valence-corrected chi connectivity index (χ2v) is 7.35. The minimum atomic E-state index is -0.884. The van der Waals surface area contributed by atoms with E-state index in [4.69, 9.17) is 4.74 Å². The van der Waals surface area contributed by atoms with Crippen molar-refractivity contribution in [1.29, 1.82) is 0 Å². The quantitative estimate of drug-likeness (QED) is 0.188. The van der Waals surface area contributed by atoms with Crippen LogP contribution in [0.5, 0.6) is 0 Å². The molecule has 24 heavy (non-hydrogen) atoms. The summed E-state index contributed by atoms with van der Waals surface area (Å²) in [5.74, 6) is -0.238. The first-order chi connectivity index (χ1) is 11.7. The Labute approximate surface area is 158 Å². The normalized spacial score (nSPS) is 21.1. The first-order valence-electron chi connectivity index (χ1n) is 8.67. The average Bonchev–Trinajstić information content (AvgIpc) is 2.61. The molecule has 1 aliphatic rings. The highest BCUT2D eigenvalue weighted by Gasteiger charge is 2.47. The number of benzene rings is 1. The summed E-state index contributed by atoms with van der Waals surface area (Å²) in [7, 11) is 0. The molecule has 130 valence electrons. The van der Waals surface area contributed by atoms with Crippen LogP contribution in [-0.4, -0.2) is 22.8 Å². The lowest BCUT2D eigenvalue weighted by Gasteiger charge is -2.33. The van der Waals surface area contributed by atoms with Gasteiger partial charge in [0.25, 0.3) is 0 Å². The van der Waals surface area contributed by atoms with Gasteiger partial charge in [0.2, 0.25) is 0 Å². The molecule has 0 spiro atoms. The molecule has 1 saturated carbocycles.